The summed E-state index contributed by atoms with van der Waals surface area (Å²) in [6.45, 7) is 5.31. The fourth-order valence-electron chi connectivity index (χ4n) is 2.48. The summed E-state index contributed by atoms with van der Waals surface area (Å²) < 4.78 is 10.7. The van der Waals surface area contributed by atoms with Crippen LogP contribution in [0.25, 0.3) is 0 Å². The highest BCUT2D eigenvalue weighted by molar-refractivity contribution is 5.44. The Balaban J connectivity index is 2.02. The summed E-state index contributed by atoms with van der Waals surface area (Å²) in [5.74, 6) is 1.92. The summed E-state index contributed by atoms with van der Waals surface area (Å²) in [7, 11) is 3.33. The Kier molecular flexibility index (Phi) is 5.84. The number of nitrogens with one attached hydrogen (secondary N) is 1. The van der Waals surface area contributed by atoms with Crippen LogP contribution in [0.5, 0.6) is 11.5 Å². The molecule has 2 aromatic carbocycles. The van der Waals surface area contributed by atoms with Crippen LogP contribution < -0.4 is 14.8 Å². The van der Waals surface area contributed by atoms with Gasteiger partial charge in [0.25, 0.3) is 0 Å². The van der Waals surface area contributed by atoms with Gasteiger partial charge in [-0.15, -0.1) is 0 Å². The topological polar surface area (TPSA) is 30.5 Å². The molecule has 3 heteroatoms. The maximum atomic E-state index is 5.39. The second-order valence-electron chi connectivity index (χ2n) is 5.56. The fourth-order valence-corrected chi connectivity index (χ4v) is 2.48. The van der Waals surface area contributed by atoms with Crippen LogP contribution in [0.4, 0.5) is 0 Å². The molecule has 0 aliphatic rings. The van der Waals surface area contributed by atoms with E-state index in [-0.39, 0.29) is 0 Å². The van der Waals surface area contributed by atoms with E-state index < -0.39 is 0 Å². The molecule has 0 fully saturated rings. The summed E-state index contributed by atoms with van der Waals surface area (Å²) in [4.78, 5) is 0. The smallest absolute Gasteiger partial charge is 0.160 e. The Labute approximate surface area is 133 Å². The molecule has 0 unspecified atom stereocenters. The Morgan fingerprint density at radius 1 is 0.909 bits per heavy atom. The molecule has 0 aliphatic carbocycles. The summed E-state index contributed by atoms with van der Waals surface area (Å²) in [5.41, 5.74) is 2.54. The van der Waals surface area contributed by atoms with Gasteiger partial charge in [0.2, 0.25) is 0 Å². The molecule has 0 saturated carbocycles. The second kappa shape index (κ2) is 7.85. The molecule has 2 rings (SSSR count). The first-order chi connectivity index (χ1) is 10.7. The van der Waals surface area contributed by atoms with Crippen molar-refractivity contribution in [3.8, 4) is 11.5 Å². The number of ether oxygens (including phenoxy) is 2. The lowest BCUT2D eigenvalue weighted by molar-refractivity contribution is 0.353. The lowest BCUT2D eigenvalue weighted by Crippen LogP contribution is -2.30. The fraction of sp³-hybridized carbons (Fsp3) is 0.368. The largest absolute Gasteiger partial charge is 0.493 e. The van der Waals surface area contributed by atoms with Crippen molar-refractivity contribution in [2.75, 3.05) is 14.2 Å². The predicted molar refractivity (Wildman–Crippen MR) is 90.7 cm³/mol. The van der Waals surface area contributed by atoms with Crippen molar-refractivity contribution >= 4 is 0 Å². The van der Waals surface area contributed by atoms with Gasteiger partial charge in [0, 0.05) is 12.6 Å². The third-order valence-electron chi connectivity index (χ3n) is 4.15. The lowest BCUT2D eigenvalue weighted by Gasteiger charge is -2.23. The normalized spacial score (nSPS) is 13.5. The minimum Gasteiger partial charge on any atom is -0.493 e. The summed E-state index contributed by atoms with van der Waals surface area (Å²) in [6, 6.07) is 16.9. The molecule has 22 heavy (non-hydrogen) atoms. The number of hydrogen-bond donors (Lipinski definition) is 1. The van der Waals surface area contributed by atoms with Crippen molar-refractivity contribution in [2.45, 2.75) is 32.4 Å². The summed E-state index contributed by atoms with van der Waals surface area (Å²) in [6.07, 6.45) is 0. The number of rotatable bonds is 7. The molecule has 1 N–H and O–H groups in total. The standard InChI is InChI=1S/C19H25NO2/c1-14(15(2)20-13-16-8-6-5-7-9-16)17-10-11-18(21-3)19(12-17)22-4/h5-12,14-15,20H,13H2,1-4H3/t14-,15+/m0/s1. The molecule has 0 aliphatic heterocycles. The van der Waals surface area contributed by atoms with E-state index in [4.69, 9.17) is 9.47 Å². The van der Waals surface area contributed by atoms with Crippen molar-refractivity contribution in [3.05, 3.63) is 59.7 Å². The monoisotopic (exact) mass is 299 g/mol. The minimum atomic E-state index is 0.360. The number of hydrogen-bond acceptors (Lipinski definition) is 3. The zero-order valence-corrected chi connectivity index (χ0v) is 13.8. The Bertz CT molecular complexity index is 583. The average molecular weight is 299 g/mol. The van der Waals surface area contributed by atoms with E-state index in [1.165, 1.54) is 11.1 Å². The van der Waals surface area contributed by atoms with Gasteiger partial charge in [-0.3, -0.25) is 0 Å². The van der Waals surface area contributed by atoms with Gasteiger partial charge in [-0.25, -0.2) is 0 Å². The zero-order chi connectivity index (χ0) is 15.9. The first-order valence-electron chi connectivity index (χ1n) is 7.65. The molecular weight excluding hydrogens is 274 g/mol. The van der Waals surface area contributed by atoms with Gasteiger partial charge < -0.3 is 14.8 Å². The summed E-state index contributed by atoms with van der Waals surface area (Å²) in [5, 5.41) is 3.59. The van der Waals surface area contributed by atoms with Gasteiger partial charge in [-0.1, -0.05) is 43.3 Å². The highest BCUT2D eigenvalue weighted by atomic mass is 16.5. The van der Waals surface area contributed by atoms with Crippen LogP contribution in [0.1, 0.15) is 30.9 Å². The maximum absolute atomic E-state index is 5.39. The first kappa shape index (κ1) is 16.4. The molecule has 0 aromatic heterocycles. The average Bonchev–Trinajstić information content (AvgIpc) is 2.59. The van der Waals surface area contributed by atoms with Crippen LogP contribution >= 0.6 is 0 Å². The van der Waals surface area contributed by atoms with E-state index in [2.05, 4.69) is 55.6 Å². The molecule has 2 atom stereocenters. The predicted octanol–water partition coefficient (Wildman–Crippen LogP) is 3.99. The molecule has 2 aromatic rings. The molecular formula is C19H25NO2. The van der Waals surface area contributed by atoms with Crippen LogP contribution in [-0.4, -0.2) is 20.3 Å². The van der Waals surface area contributed by atoms with Crippen molar-refractivity contribution in [1.82, 2.24) is 5.32 Å². The van der Waals surface area contributed by atoms with E-state index >= 15 is 0 Å². The van der Waals surface area contributed by atoms with Crippen molar-refractivity contribution in [3.63, 3.8) is 0 Å². The van der Waals surface area contributed by atoms with E-state index in [0.29, 0.717) is 12.0 Å². The lowest BCUT2D eigenvalue weighted by atomic mass is 9.94. The summed E-state index contributed by atoms with van der Waals surface area (Å²) >= 11 is 0. The van der Waals surface area contributed by atoms with Crippen molar-refractivity contribution in [2.24, 2.45) is 0 Å². The van der Waals surface area contributed by atoms with Gasteiger partial charge in [-0.2, -0.15) is 0 Å². The molecule has 0 radical (unpaired) electrons. The van der Waals surface area contributed by atoms with Crippen LogP contribution in [0.2, 0.25) is 0 Å². The van der Waals surface area contributed by atoms with Gasteiger partial charge in [0.05, 0.1) is 14.2 Å². The maximum Gasteiger partial charge on any atom is 0.160 e. The SMILES string of the molecule is COc1ccc([C@@H](C)[C@@H](C)NCc2ccccc2)cc1OC. The third kappa shape index (κ3) is 4.01. The van der Waals surface area contributed by atoms with E-state index in [9.17, 15) is 0 Å². The van der Waals surface area contributed by atoms with Gasteiger partial charge in [-0.05, 0) is 36.1 Å². The molecule has 0 saturated heterocycles. The third-order valence-corrected chi connectivity index (χ3v) is 4.15. The van der Waals surface area contributed by atoms with Crippen LogP contribution in [0, 0.1) is 0 Å². The quantitative estimate of drug-likeness (QED) is 0.838. The molecule has 0 spiro atoms. The van der Waals surface area contributed by atoms with E-state index in [1.807, 2.05) is 12.1 Å². The Morgan fingerprint density at radius 3 is 2.23 bits per heavy atom. The van der Waals surface area contributed by atoms with E-state index in [0.717, 1.165) is 18.0 Å². The zero-order valence-electron chi connectivity index (χ0n) is 13.8. The van der Waals surface area contributed by atoms with Crippen LogP contribution in [-0.2, 0) is 6.54 Å². The highest BCUT2D eigenvalue weighted by Crippen LogP contribution is 2.31. The van der Waals surface area contributed by atoms with Crippen LogP contribution in [0.15, 0.2) is 48.5 Å². The molecule has 3 nitrogen and oxygen atoms in total. The number of methoxy groups -OCH3 is 2. The van der Waals surface area contributed by atoms with Crippen molar-refractivity contribution < 1.29 is 9.47 Å². The minimum absolute atomic E-state index is 0.360. The van der Waals surface area contributed by atoms with Gasteiger partial charge in [0.15, 0.2) is 11.5 Å². The molecule has 0 bridgehead atoms. The van der Waals surface area contributed by atoms with Gasteiger partial charge in [0.1, 0.15) is 0 Å². The van der Waals surface area contributed by atoms with Crippen molar-refractivity contribution in [1.29, 1.82) is 0 Å². The van der Waals surface area contributed by atoms with E-state index in [1.54, 1.807) is 14.2 Å². The molecule has 0 heterocycles. The Hall–Kier alpha value is -2.00. The molecule has 0 amide bonds. The molecule has 118 valence electrons. The Morgan fingerprint density at radius 2 is 1.59 bits per heavy atom. The van der Waals surface area contributed by atoms with Gasteiger partial charge >= 0.3 is 0 Å². The highest BCUT2D eigenvalue weighted by Gasteiger charge is 2.16. The number of benzene rings is 2. The first-order valence-corrected chi connectivity index (χ1v) is 7.65. The van der Waals surface area contributed by atoms with Crippen LogP contribution in [0.3, 0.4) is 0 Å². The second-order valence-corrected chi connectivity index (χ2v) is 5.56.